The molecule has 0 N–H and O–H groups in total. The number of rotatable bonds is 4. The number of benzene rings is 1. The summed E-state index contributed by atoms with van der Waals surface area (Å²) in [6.07, 6.45) is -1.25. The number of hydrogen-bond donors (Lipinski definition) is 0. The monoisotopic (exact) mass is 198 g/mol. The molecule has 0 spiro atoms. The summed E-state index contributed by atoms with van der Waals surface area (Å²) in [6, 6.07) is 4.72. The van der Waals surface area contributed by atoms with Crippen LogP contribution in [0.3, 0.4) is 0 Å². The Morgan fingerprint density at radius 1 is 1.64 bits per heavy atom. The van der Waals surface area contributed by atoms with Gasteiger partial charge in [-0.25, -0.2) is 0 Å². The molecule has 1 aromatic rings. The highest BCUT2D eigenvalue weighted by Crippen LogP contribution is 2.06. The minimum atomic E-state index is -3.31. The maximum Gasteiger partial charge on any atom is 0.124 e. The van der Waals surface area contributed by atoms with E-state index in [2.05, 4.69) is 0 Å². The Hall–Kier alpha value is -1.26. The highest BCUT2D eigenvalue weighted by Gasteiger charge is 2.07. The minimum Gasteiger partial charge on any atom is -0.292 e. The third kappa shape index (κ3) is 3.24. The summed E-state index contributed by atoms with van der Waals surface area (Å²) < 4.78 is 84.6. The molecule has 0 amide bonds. The van der Waals surface area contributed by atoms with E-state index in [-0.39, 0.29) is 10.5 Å². The van der Waals surface area contributed by atoms with Gasteiger partial charge >= 0.3 is 0 Å². The average molecular weight is 198 g/mol. The standard InChI is InChI=1S/C13H17N/c1-4-10-14(3)12(2)11-13-8-6-5-7-9-13/h1,5-9,12H,10-11H2,2-3H3/t12-/m1/s1/i1D,2D3,3D3,10D2,11D2. The first-order valence-electron chi connectivity index (χ1n) is 9.44. The van der Waals surface area contributed by atoms with Crippen molar-refractivity contribution in [1.29, 1.82) is 0 Å². The summed E-state index contributed by atoms with van der Waals surface area (Å²) in [7, 11) is 0. The molecule has 0 saturated heterocycles. The molecule has 1 atom stereocenters. The van der Waals surface area contributed by atoms with Crippen molar-refractivity contribution < 1.29 is 15.1 Å². The summed E-state index contributed by atoms with van der Waals surface area (Å²) in [5.74, 6) is 1.70. The second kappa shape index (κ2) is 5.47. The van der Waals surface area contributed by atoms with Crippen molar-refractivity contribution in [3.63, 3.8) is 0 Å². The zero-order valence-corrected chi connectivity index (χ0v) is 7.41. The lowest BCUT2D eigenvalue weighted by Crippen LogP contribution is -2.31. The van der Waals surface area contributed by atoms with Crippen LogP contribution in [0, 0.1) is 12.3 Å². The lowest BCUT2D eigenvalue weighted by atomic mass is 10.1. The average Bonchev–Trinajstić information content (AvgIpc) is 2.42. The lowest BCUT2D eigenvalue weighted by molar-refractivity contribution is 0.287. The van der Waals surface area contributed by atoms with Gasteiger partial charge in [0.1, 0.15) is 1.37 Å². The zero-order chi connectivity index (χ0) is 19.7. The molecule has 0 fully saturated rings. The van der Waals surface area contributed by atoms with Crippen molar-refractivity contribution in [3.8, 4) is 12.3 Å². The summed E-state index contributed by atoms with van der Waals surface area (Å²) in [5.41, 5.74) is -0.111. The lowest BCUT2D eigenvalue weighted by Gasteiger charge is -2.22. The highest BCUT2D eigenvalue weighted by molar-refractivity contribution is 5.15. The molecular weight excluding hydrogens is 170 g/mol. The van der Waals surface area contributed by atoms with E-state index in [0.717, 1.165) is 0 Å². The summed E-state index contributed by atoms with van der Waals surface area (Å²) in [6.45, 7) is -9.56. The van der Waals surface area contributed by atoms with E-state index in [4.69, 9.17) is 15.1 Å². The normalized spacial score (nSPS) is 27.4. The molecule has 0 aliphatic carbocycles. The number of hydrogen-bond acceptors (Lipinski definition) is 1. The van der Waals surface area contributed by atoms with Crippen LogP contribution in [-0.4, -0.2) is 24.4 Å². The van der Waals surface area contributed by atoms with E-state index < -0.39 is 32.7 Å². The Bertz CT molecular complexity index is 636. The van der Waals surface area contributed by atoms with Crippen LogP contribution < -0.4 is 0 Å². The maximum atomic E-state index is 8.26. The molecule has 1 heteroatoms. The molecular formula is C13H17N. The molecule has 0 bridgehead atoms. The first-order chi connectivity index (χ1) is 11.2. The Kier molecular flexibility index (Phi) is 1.22. The third-order valence-corrected chi connectivity index (χ3v) is 1.51. The van der Waals surface area contributed by atoms with Crippen LogP contribution in [0.15, 0.2) is 30.3 Å². The van der Waals surface area contributed by atoms with Gasteiger partial charge in [-0.15, -0.1) is 6.40 Å². The van der Waals surface area contributed by atoms with E-state index in [1.165, 1.54) is 30.7 Å². The molecule has 0 unspecified atom stereocenters. The first kappa shape index (κ1) is 3.12. The van der Waals surface area contributed by atoms with Crippen LogP contribution >= 0.6 is 0 Å². The van der Waals surface area contributed by atoms with Gasteiger partial charge in [-0.1, -0.05) is 36.3 Å². The van der Waals surface area contributed by atoms with Crippen molar-refractivity contribution in [3.05, 3.63) is 35.9 Å². The van der Waals surface area contributed by atoms with Gasteiger partial charge in [0.25, 0.3) is 0 Å². The molecule has 0 radical (unpaired) electrons. The summed E-state index contributed by atoms with van der Waals surface area (Å²) in [4.78, 5) is -0.0818. The van der Waals surface area contributed by atoms with Gasteiger partial charge < -0.3 is 0 Å². The second-order valence-corrected chi connectivity index (χ2v) is 2.52. The molecule has 74 valence electrons. The molecule has 0 aliphatic heterocycles. The van der Waals surface area contributed by atoms with Crippen LogP contribution in [0.1, 0.15) is 27.5 Å². The zero-order valence-electron chi connectivity index (χ0n) is 18.4. The van der Waals surface area contributed by atoms with E-state index in [9.17, 15) is 0 Å². The first-order valence-corrected chi connectivity index (χ1v) is 3.94. The summed E-state index contributed by atoms with van der Waals surface area (Å²) >= 11 is 0. The Morgan fingerprint density at radius 3 is 3.14 bits per heavy atom. The van der Waals surface area contributed by atoms with Gasteiger partial charge in [0.15, 0.2) is 0 Å². The van der Waals surface area contributed by atoms with E-state index in [1.54, 1.807) is 12.0 Å². The van der Waals surface area contributed by atoms with Crippen molar-refractivity contribution in [2.45, 2.75) is 19.3 Å². The molecule has 1 nitrogen and oxygen atoms in total. The third-order valence-electron chi connectivity index (χ3n) is 1.51. The van der Waals surface area contributed by atoms with Gasteiger partial charge in [0.05, 0.1) is 9.24 Å². The molecule has 1 aromatic carbocycles. The minimum absolute atomic E-state index is 0.0818. The van der Waals surface area contributed by atoms with E-state index in [1.807, 2.05) is 0 Å². The molecule has 0 aliphatic rings. The predicted molar refractivity (Wildman–Crippen MR) is 61.1 cm³/mol. The van der Waals surface area contributed by atoms with Crippen LogP contribution in [0.5, 0.6) is 0 Å². The second-order valence-electron chi connectivity index (χ2n) is 2.52. The molecule has 14 heavy (non-hydrogen) atoms. The number of likely N-dealkylation sites (N-methyl/N-ethyl adjacent to an activating group) is 1. The molecule has 1 rings (SSSR count). The van der Waals surface area contributed by atoms with Crippen molar-refractivity contribution in [2.75, 3.05) is 13.5 Å². The Balaban J connectivity index is 3.68. The van der Waals surface area contributed by atoms with E-state index >= 15 is 0 Å². The van der Waals surface area contributed by atoms with E-state index in [0.29, 0.717) is 0 Å². The van der Waals surface area contributed by atoms with Crippen LogP contribution in [0.4, 0.5) is 0 Å². The van der Waals surface area contributed by atoms with Gasteiger partial charge in [-0.2, -0.15) is 0 Å². The van der Waals surface area contributed by atoms with Crippen LogP contribution in [-0.2, 0) is 6.37 Å². The Labute approximate surface area is 102 Å². The molecule has 0 aromatic heterocycles. The number of nitrogens with zero attached hydrogens (tertiary/aromatic N) is 1. The Morgan fingerprint density at radius 2 is 2.50 bits per heavy atom. The fourth-order valence-corrected chi connectivity index (χ4v) is 0.882. The van der Waals surface area contributed by atoms with Gasteiger partial charge in [0, 0.05) is 17.0 Å². The van der Waals surface area contributed by atoms with Crippen molar-refractivity contribution in [1.82, 2.24) is 4.90 Å². The fourth-order valence-electron chi connectivity index (χ4n) is 0.882. The number of terminal acetylenes is 1. The molecule has 0 saturated carbocycles. The van der Waals surface area contributed by atoms with Crippen LogP contribution in [0.25, 0.3) is 0 Å². The summed E-state index contributed by atoms with van der Waals surface area (Å²) in [5, 5.41) is 0. The highest BCUT2D eigenvalue weighted by atomic mass is 15.1. The topological polar surface area (TPSA) is 3.24 Å². The SMILES string of the molecule is [2H]C#CC([2H])([2H])N([C@H](C([2H])([2H])[2H])C([2H])([2H])c1ccccc1)C([2H])([2H])[2H]. The van der Waals surface area contributed by atoms with Gasteiger partial charge in [-0.05, 0) is 25.8 Å². The van der Waals surface area contributed by atoms with Gasteiger partial charge in [-0.3, -0.25) is 4.90 Å². The van der Waals surface area contributed by atoms with Crippen molar-refractivity contribution in [2.24, 2.45) is 0 Å². The predicted octanol–water partition coefficient (Wildman–Crippen LogP) is 2.18. The maximum absolute atomic E-state index is 8.26. The quantitative estimate of drug-likeness (QED) is 0.670. The van der Waals surface area contributed by atoms with Crippen molar-refractivity contribution >= 4 is 0 Å². The smallest absolute Gasteiger partial charge is 0.124 e. The van der Waals surface area contributed by atoms with Gasteiger partial charge in [0.2, 0.25) is 0 Å². The molecule has 0 heterocycles. The largest absolute Gasteiger partial charge is 0.292 e. The fraction of sp³-hybridized carbons (Fsp3) is 0.385. The van der Waals surface area contributed by atoms with Crippen LogP contribution in [0.2, 0.25) is 0 Å².